The molecule has 0 aliphatic heterocycles. The van der Waals surface area contributed by atoms with Crippen molar-refractivity contribution in [1.29, 1.82) is 0 Å². The number of aromatic nitrogens is 3. The summed E-state index contributed by atoms with van der Waals surface area (Å²) in [6.07, 6.45) is 5.48. The number of hydrogen-bond acceptors (Lipinski definition) is 2. The van der Waals surface area contributed by atoms with E-state index >= 15 is 0 Å². The minimum atomic E-state index is 0.599. The van der Waals surface area contributed by atoms with Crippen LogP contribution in [0.25, 0.3) is 22.0 Å². The van der Waals surface area contributed by atoms with E-state index in [0.29, 0.717) is 10.0 Å². The monoisotopic (exact) mass is 277 g/mol. The van der Waals surface area contributed by atoms with E-state index in [4.69, 9.17) is 23.2 Å². The zero-order chi connectivity index (χ0) is 12.7. The van der Waals surface area contributed by atoms with Gasteiger partial charge in [-0.3, -0.25) is 9.67 Å². The maximum Gasteiger partial charge on any atom is 0.103 e. The molecule has 3 nitrogen and oxygen atoms in total. The second-order valence-corrected chi connectivity index (χ2v) is 4.90. The van der Waals surface area contributed by atoms with Crippen LogP contribution in [0.5, 0.6) is 0 Å². The molecular formula is C13H9Cl2N3. The normalized spacial score (nSPS) is 11.1. The molecule has 0 aliphatic rings. The number of aryl methyl sites for hydroxylation is 1. The highest BCUT2D eigenvalue weighted by atomic mass is 35.5. The Balaban J connectivity index is 2.31. The summed E-state index contributed by atoms with van der Waals surface area (Å²) in [5, 5.41) is 6.64. The fourth-order valence-electron chi connectivity index (χ4n) is 1.97. The lowest BCUT2D eigenvalue weighted by atomic mass is 10.1. The van der Waals surface area contributed by atoms with Crippen LogP contribution >= 0.6 is 23.2 Å². The first-order valence-electron chi connectivity index (χ1n) is 5.38. The van der Waals surface area contributed by atoms with Crippen molar-refractivity contribution in [3.63, 3.8) is 0 Å². The third kappa shape index (κ3) is 1.85. The number of fused-ring (bicyclic) bond motifs is 1. The summed E-state index contributed by atoms with van der Waals surface area (Å²) in [4.78, 5) is 4.22. The Labute approximate surface area is 114 Å². The van der Waals surface area contributed by atoms with Crippen LogP contribution in [0, 0.1) is 0 Å². The summed E-state index contributed by atoms with van der Waals surface area (Å²) in [6, 6.07) is 5.42. The topological polar surface area (TPSA) is 30.7 Å². The fourth-order valence-corrected chi connectivity index (χ4v) is 2.48. The molecule has 90 valence electrons. The van der Waals surface area contributed by atoms with E-state index in [2.05, 4.69) is 10.1 Å². The predicted molar refractivity (Wildman–Crippen MR) is 74.0 cm³/mol. The lowest BCUT2D eigenvalue weighted by molar-refractivity contribution is 0.780. The summed E-state index contributed by atoms with van der Waals surface area (Å²) in [7, 11) is 1.88. The van der Waals surface area contributed by atoms with Crippen molar-refractivity contribution in [2.45, 2.75) is 0 Å². The Hall–Kier alpha value is -1.58. The van der Waals surface area contributed by atoms with Crippen LogP contribution in [0.1, 0.15) is 0 Å². The van der Waals surface area contributed by atoms with Crippen molar-refractivity contribution in [1.82, 2.24) is 14.8 Å². The Morgan fingerprint density at radius 1 is 1.11 bits per heavy atom. The molecule has 0 unspecified atom stereocenters. The van der Waals surface area contributed by atoms with Crippen LogP contribution < -0.4 is 0 Å². The third-order valence-electron chi connectivity index (χ3n) is 2.75. The van der Waals surface area contributed by atoms with E-state index in [9.17, 15) is 0 Å². The predicted octanol–water partition coefficient (Wildman–Crippen LogP) is 3.94. The maximum absolute atomic E-state index is 6.22. The van der Waals surface area contributed by atoms with Gasteiger partial charge in [0, 0.05) is 47.2 Å². The first kappa shape index (κ1) is 11.5. The SMILES string of the molecule is Cn1cc2cncc(-c3ccc(Cl)cc3Cl)c2n1. The number of hydrogen-bond donors (Lipinski definition) is 0. The number of benzene rings is 1. The standard InChI is InChI=1S/C13H9Cl2N3/c1-18-7-8-5-16-6-11(13(8)17-18)10-3-2-9(14)4-12(10)15/h2-7H,1H3. The van der Waals surface area contributed by atoms with Gasteiger partial charge in [0.25, 0.3) is 0 Å². The molecule has 5 heteroatoms. The van der Waals surface area contributed by atoms with Crippen molar-refractivity contribution >= 4 is 34.1 Å². The highest BCUT2D eigenvalue weighted by Gasteiger charge is 2.11. The first-order valence-corrected chi connectivity index (χ1v) is 6.13. The van der Waals surface area contributed by atoms with E-state index in [0.717, 1.165) is 22.0 Å². The minimum Gasteiger partial charge on any atom is -0.275 e. The van der Waals surface area contributed by atoms with Crippen molar-refractivity contribution < 1.29 is 0 Å². The van der Waals surface area contributed by atoms with Crippen molar-refractivity contribution in [3.05, 3.63) is 46.8 Å². The summed E-state index contributed by atoms with van der Waals surface area (Å²) < 4.78 is 1.76. The Bertz CT molecular complexity index is 734. The molecule has 0 atom stereocenters. The number of pyridine rings is 1. The van der Waals surface area contributed by atoms with Gasteiger partial charge in [-0.15, -0.1) is 0 Å². The largest absolute Gasteiger partial charge is 0.275 e. The molecule has 2 heterocycles. The van der Waals surface area contributed by atoms with Gasteiger partial charge in [-0.25, -0.2) is 0 Å². The second kappa shape index (κ2) is 4.26. The third-order valence-corrected chi connectivity index (χ3v) is 3.30. The maximum atomic E-state index is 6.22. The van der Waals surface area contributed by atoms with E-state index in [-0.39, 0.29) is 0 Å². The van der Waals surface area contributed by atoms with Crippen LogP contribution in [0.15, 0.2) is 36.8 Å². The van der Waals surface area contributed by atoms with Crippen molar-refractivity contribution in [2.75, 3.05) is 0 Å². The zero-order valence-electron chi connectivity index (χ0n) is 9.56. The lowest BCUT2D eigenvalue weighted by Gasteiger charge is -2.05. The number of halogens is 2. The van der Waals surface area contributed by atoms with Gasteiger partial charge in [-0.2, -0.15) is 5.10 Å². The number of nitrogens with zero attached hydrogens (tertiary/aromatic N) is 3. The molecule has 0 amide bonds. The summed E-state index contributed by atoms with van der Waals surface area (Å²) in [5.41, 5.74) is 2.68. The highest BCUT2D eigenvalue weighted by molar-refractivity contribution is 6.36. The van der Waals surface area contributed by atoms with Gasteiger partial charge in [-0.1, -0.05) is 29.3 Å². The molecular weight excluding hydrogens is 269 g/mol. The molecule has 0 N–H and O–H groups in total. The van der Waals surface area contributed by atoms with E-state index in [1.54, 1.807) is 23.1 Å². The van der Waals surface area contributed by atoms with Crippen LogP contribution in [0.4, 0.5) is 0 Å². The molecule has 3 rings (SSSR count). The average Bonchev–Trinajstić information content (AvgIpc) is 2.69. The van der Waals surface area contributed by atoms with Gasteiger partial charge < -0.3 is 0 Å². The Kier molecular flexibility index (Phi) is 2.73. The van der Waals surface area contributed by atoms with Gasteiger partial charge in [-0.05, 0) is 12.1 Å². The second-order valence-electron chi connectivity index (χ2n) is 4.05. The van der Waals surface area contributed by atoms with Crippen LogP contribution in [-0.2, 0) is 7.05 Å². The molecule has 2 aromatic heterocycles. The number of rotatable bonds is 1. The quantitative estimate of drug-likeness (QED) is 0.675. The smallest absolute Gasteiger partial charge is 0.103 e. The van der Waals surface area contributed by atoms with Crippen molar-refractivity contribution in [3.8, 4) is 11.1 Å². The fraction of sp³-hybridized carbons (Fsp3) is 0.0769. The van der Waals surface area contributed by atoms with Gasteiger partial charge in [0.2, 0.25) is 0 Å². The van der Waals surface area contributed by atoms with Gasteiger partial charge in [0.15, 0.2) is 0 Å². The summed E-state index contributed by atoms with van der Waals surface area (Å²) in [5.74, 6) is 0. The molecule has 0 aliphatic carbocycles. The van der Waals surface area contributed by atoms with E-state index in [1.807, 2.05) is 25.4 Å². The molecule has 1 aromatic carbocycles. The molecule has 0 spiro atoms. The average molecular weight is 278 g/mol. The Morgan fingerprint density at radius 3 is 2.72 bits per heavy atom. The lowest BCUT2D eigenvalue weighted by Crippen LogP contribution is -1.87. The molecule has 3 aromatic rings. The molecule has 0 saturated carbocycles. The molecule has 0 saturated heterocycles. The van der Waals surface area contributed by atoms with E-state index < -0.39 is 0 Å². The molecule has 0 fully saturated rings. The first-order chi connectivity index (χ1) is 8.65. The highest BCUT2D eigenvalue weighted by Crippen LogP contribution is 2.33. The van der Waals surface area contributed by atoms with Crippen molar-refractivity contribution in [2.24, 2.45) is 7.05 Å². The Morgan fingerprint density at radius 2 is 1.94 bits per heavy atom. The van der Waals surface area contributed by atoms with Crippen LogP contribution in [-0.4, -0.2) is 14.8 Å². The summed E-state index contributed by atoms with van der Waals surface area (Å²) in [6.45, 7) is 0. The van der Waals surface area contributed by atoms with Gasteiger partial charge >= 0.3 is 0 Å². The van der Waals surface area contributed by atoms with E-state index in [1.165, 1.54) is 0 Å². The molecule has 18 heavy (non-hydrogen) atoms. The molecule has 0 radical (unpaired) electrons. The van der Waals surface area contributed by atoms with Gasteiger partial charge in [0.05, 0.1) is 5.02 Å². The minimum absolute atomic E-state index is 0.599. The van der Waals surface area contributed by atoms with Gasteiger partial charge in [0.1, 0.15) is 5.52 Å². The van der Waals surface area contributed by atoms with Crippen LogP contribution in [0.3, 0.4) is 0 Å². The zero-order valence-corrected chi connectivity index (χ0v) is 11.1. The summed E-state index contributed by atoms with van der Waals surface area (Å²) >= 11 is 12.1. The molecule has 0 bridgehead atoms. The van der Waals surface area contributed by atoms with Crippen LogP contribution in [0.2, 0.25) is 10.0 Å².